The van der Waals surface area contributed by atoms with Gasteiger partial charge in [0.25, 0.3) is 0 Å². The van der Waals surface area contributed by atoms with Crippen molar-refractivity contribution in [3.63, 3.8) is 0 Å². The predicted molar refractivity (Wildman–Crippen MR) is 90.3 cm³/mol. The standard InChI is InChI=1S/C18H37NO/c1-4-5-6-7-8-9-10-11-12-13-14-15-16-17-18-19(2,3)20/h17-18H,4-16H2,1-3H3. The van der Waals surface area contributed by atoms with Crippen LogP contribution in [0.5, 0.6) is 0 Å². The molecule has 0 fully saturated rings. The Morgan fingerprint density at radius 2 is 1.10 bits per heavy atom. The van der Waals surface area contributed by atoms with Crippen molar-refractivity contribution in [3.05, 3.63) is 17.5 Å². The minimum Gasteiger partial charge on any atom is -0.628 e. The summed E-state index contributed by atoms with van der Waals surface area (Å²) in [7, 11) is 3.30. The minimum absolute atomic E-state index is 0.307. The molecule has 0 aromatic heterocycles. The van der Waals surface area contributed by atoms with Gasteiger partial charge in [-0.3, -0.25) is 0 Å². The van der Waals surface area contributed by atoms with Crippen molar-refractivity contribution in [3.8, 4) is 0 Å². The molecule has 20 heavy (non-hydrogen) atoms. The molecule has 0 atom stereocenters. The zero-order valence-electron chi connectivity index (χ0n) is 14.2. The summed E-state index contributed by atoms with van der Waals surface area (Å²) in [5.74, 6) is 0. The summed E-state index contributed by atoms with van der Waals surface area (Å²) in [6.45, 7) is 2.27. The van der Waals surface area contributed by atoms with Crippen LogP contribution in [-0.4, -0.2) is 18.7 Å². The predicted octanol–water partition coefficient (Wildman–Crippen LogP) is 6.17. The highest BCUT2D eigenvalue weighted by atomic mass is 16.5. The molecule has 0 spiro atoms. The second-order valence-corrected chi connectivity index (χ2v) is 6.50. The average Bonchev–Trinajstić information content (AvgIpc) is 2.38. The van der Waals surface area contributed by atoms with E-state index in [1.165, 1.54) is 77.0 Å². The monoisotopic (exact) mass is 283 g/mol. The second kappa shape index (κ2) is 13.6. The lowest BCUT2D eigenvalue weighted by molar-refractivity contribution is -0.785. The van der Waals surface area contributed by atoms with Crippen LogP contribution in [0.1, 0.15) is 90.4 Å². The third kappa shape index (κ3) is 17.7. The van der Waals surface area contributed by atoms with E-state index in [0.717, 1.165) is 6.42 Å². The molecule has 0 aliphatic heterocycles. The molecule has 0 aliphatic rings. The maximum Gasteiger partial charge on any atom is 0.0913 e. The molecule has 0 saturated carbocycles. The lowest BCUT2D eigenvalue weighted by atomic mass is 10.0. The fourth-order valence-electron chi connectivity index (χ4n) is 2.43. The van der Waals surface area contributed by atoms with Crippen LogP contribution in [0.25, 0.3) is 0 Å². The Labute approximate surface area is 127 Å². The van der Waals surface area contributed by atoms with E-state index < -0.39 is 0 Å². The molecule has 0 unspecified atom stereocenters. The molecular weight excluding hydrogens is 246 g/mol. The van der Waals surface area contributed by atoms with Crippen molar-refractivity contribution in [2.24, 2.45) is 0 Å². The van der Waals surface area contributed by atoms with E-state index >= 15 is 0 Å². The van der Waals surface area contributed by atoms with Crippen molar-refractivity contribution in [1.82, 2.24) is 0 Å². The van der Waals surface area contributed by atoms with E-state index in [1.807, 2.05) is 6.08 Å². The number of hydroxylamine groups is 3. The first-order valence-electron chi connectivity index (χ1n) is 8.78. The lowest BCUT2D eigenvalue weighted by Gasteiger charge is -2.28. The van der Waals surface area contributed by atoms with Gasteiger partial charge >= 0.3 is 0 Å². The van der Waals surface area contributed by atoms with Gasteiger partial charge in [0.05, 0.1) is 20.3 Å². The van der Waals surface area contributed by atoms with Gasteiger partial charge < -0.3 is 9.85 Å². The maximum absolute atomic E-state index is 11.3. The van der Waals surface area contributed by atoms with Crippen LogP contribution >= 0.6 is 0 Å². The SMILES string of the molecule is CCCCCCCCCCCCCCC=C[N+](C)(C)[O-]. The van der Waals surface area contributed by atoms with Crippen molar-refractivity contribution >= 4 is 0 Å². The molecule has 0 aromatic rings. The topological polar surface area (TPSA) is 23.1 Å². The molecule has 0 amide bonds. The van der Waals surface area contributed by atoms with Crippen LogP contribution in [-0.2, 0) is 0 Å². The summed E-state index contributed by atoms with van der Waals surface area (Å²) in [6, 6.07) is 0. The van der Waals surface area contributed by atoms with Gasteiger partial charge in [-0.15, -0.1) is 0 Å². The normalized spacial score (nSPS) is 12.4. The summed E-state index contributed by atoms with van der Waals surface area (Å²) in [5, 5.41) is 11.3. The molecule has 0 saturated heterocycles. The number of allylic oxidation sites excluding steroid dienone is 1. The van der Waals surface area contributed by atoms with Gasteiger partial charge in [-0.2, -0.15) is 0 Å². The summed E-state index contributed by atoms with van der Waals surface area (Å²) >= 11 is 0. The van der Waals surface area contributed by atoms with Gasteiger partial charge in [0, 0.05) is 0 Å². The van der Waals surface area contributed by atoms with Gasteiger partial charge in [0.1, 0.15) is 0 Å². The Morgan fingerprint density at radius 1 is 0.700 bits per heavy atom. The quantitative estimate of drug-likeness (QED) is 0.212. The van der Waals surface area contributed by atoms with Crippen LogP contribution in [0.15, 0.2) is 12.3 Å². The molecule has 0 bridgehead atoms. The third-order valence-electron chi connectivity index (χ3n) is 3.69. The number of quaternary nitrogens is 1. The minimum atomic E-state index is -0.307. The summed E-state index contributed by atoms with van der Waals surface area (Å²) in [4.78, 5) is 0. The first-order valence-corrected chi connectivity index (χ1v) is 8.78. The fourth-order valence-corrected chi connectivity index (χ4v) is 2.43. The average molecular weight is 284 g/mol. The highest BCUT2D eigenvalue weighted by molar-refractivity contribution is 4.73. The van der Waals surface area contributed by atoms with Crippen LogP contribution in [0.4, 0.5) is 0 Å². The molecule has 120 valence electrons. The van der Waals surface area contributed by atoms with Crippen molar-refractivity contribution < 1.29 is 4.65 Å². The summed E-state index contributed by atoms with van der Waals surface area (Å²) in [6.07, 6.45) is 21.5. The van der Waals surface area contributed by atoms with Crippen LogP contribution in [0, 0.1) is 5.21 Å². The Kier molecular flexibility index (Phi) is 13.4. The summed E-state index contributed by atoms with van der Waals surface area (Å²) < 4.78 is -0.307. The van der Waals surface area contributed by atoms with E-state index in [-0.39, 0.29) is 4.65 Å². The largest absolute Gasteiger partial charge is 0.628 e. The van der Waals surface area contributed by atoms with Crippen LogP contribution in [0.3, 0.4) is 0 Å². The van der Waals surface area contributed by atoms with E-state index in [0.29, 0.717) is 0 Å². The molecule has 0 N–H and O–H groups in total. The van der Waals surface area contributed by atoms with Crippen LogP contribution in [0.2, 0.25) is 0 Å². The molecule has 0 rings (SSSR count). The van der Waals surface area contributed by atoms with Gasteiger partial charge in [-0.05, 0) is 18.9 Å². The van der Waals surface area contributed by atoms with Crippen molar-refractivity contribution in [2.45, 2.75) is 90.4 Å². The van der Waals surface area contributed by atoms with Gasteiger partial charge in [0.2, 0.25) is 0 Å². The van der Waals surface area contributed by atoms with E-state index in [9.17, 15) is 5.21 Å². The molecule has 0 heterocycles. The molecule has 0 radical (unpaired) electrons. The second-order valence-electron chi connectivity index (χ2n) is 6.50. The smallest absolute Gasteiger partial charge is 0.0913 e. The summed E-state index contributed by atoms with van der Waals surface area (Å²) in [5.41, 5.74) is 0. The Bertz CT molecular complexity index is 218. The third-order valence-corrected chi connectivity index (χ3v) is 3.69. The Balaban J connectivity index is 3.08. The molecular formula is C18H37NO. The van der Waals surface area contributed by atoms with E-state index in [1.54, 1.807) is 20.3 Å². The zero-order valence-corrected chi connectivity index (χ0v) is 14.2. The highest BCUT2D eigenvalue weighted by Crippen LogP contribution is 2.12. The fraction of sp³-hybridized carbons (Fsp3) is 0.889. The van der Waals surface area contributed by atoms with Gasteiger partial charge in [-0.1, -0.05) is 77.6 Å². The number of hydrogen-bond acceptors (Lipinski definition) is 1. The maximum atomic E-state index is 11.3. The highest BCUT2D eigenvalue weighted by Gasteiger charge is 1.94. The number of hydrogen-bond donors (Lipinski definition) is 0. The Hall–Kier alpha value is -0.340. The lowest BCUT2D eigenvalue weighted by Crippen LogP contribution is -2.23. The molecule has 0 aliphatic carbocycles. The number of rotatable bonds is 14. The van der Waals surface area contributed by atoms with Gasteiger partial charge in [-0.25, -0.2) is 0 Å². The molecule has 0 aromatic carbocycles. The van der Waals surface area contributed by atoms with Crippen molar-refractivity contribution in [2.75, 3.05) is 14.1 Å². The van der Waals surface area contributed by atoms with E-state index in [4.69, 9.17) is 0 Å². The first kappa shape index (κ1) is 19.7. The number of nitrogens with zero attached hydrogens (tertiary/aromatic N) is 1. The Morgan fingerprint density at radius 3 is 1.50 bits per heavy atom. The van der Waals surface area contributed by atoms with Crippen molar-refractivity contribution in [1.29, 1.82) is 0 Å². The molecule has 2 nitrogen and oxygen atoms in total. The first-order chi connectivity index (χ1) is 9.56. The molecule has 2 heteroatoms. The van der Waals surface area contributed by atoms with Crippen LogP contribution < -0.4 is 0 Å². The van der Waals surface area contributed by atoms with E-state index in [2.05, 4.69) is 6.92 Å². The number of unbranched alkanes of at least 4 members (excludes halogenated alkanes) is 12. The van der Waals surface area contributed by atoms with Gasteiger partial charge in [0.15, 0.2) is 0 Å². The zero-order chi connectivity index (χ0) is 15.1.